The topological polar surface area (TPSA) is 70.9 Å². The predicted octanol–water partition coefficient (Wildman–Crippen LogP) is 2.85. The molecule has 0 atom stereocenters. The van der Waals surface area contributed by atoms with E-state index in [9.17, 15) is 9.90 Å². The fourth-order valence-electron chi connectivity index (χ4n) is 2.33. The second kappa shape index (κ2) is 7.45. The first-order valence-corrected chi connectivity index (χ1v) is 7.28. The smallest absolute Gasteiger partial charge is 0.277 e. The van der Waals surface area contributed by atoms with E-state index in [4.69, 9.17) is 4.74 Å². The number of phenols is 1. The van der Waals surface area contributed by atoms with Gasteiger partial charge in [-0.25, -0.2) is 5.43 Å². The average molecular weight is 312 g/mol. The first-order chi connectivity index (χ1) is 11.0. The van der Waals surface area contributed by atoms with Gasteiger partial charge in [0.05, 0.1) is 6.21 Å². The zero-order valence-corrected chi connectivity index (χ0v) is 13.5. The molecule has 2 aromatic carbocycles. The number of hydrogen-bond acceptors (Lipinski definition) is 4. The summed E-state index contributed by atoms with van der Waals surface area (Å²) in [6.45, 7) is 5.79. The maximum Gasteiger partial charge on any atom is 0.277 e. The second-order valence-electron chi connectivity index (χ2n) is 5.37. The van der Waals surface area contributed by atoms with Crippen LogP contribution in [0.1, 0.15) is 22.3 Å². The highest BCUT2D eigenvalue weighted by Crippen LogP contribution is 2.24. The number of nitrogens with zero attached hydrogens (tertiary/aromatic N) is 1. The summed E-state index contributed by atoms with van der Waals surface area (Å²) in [4.78, 5) is 11.8. The van der Waals surface area contributed by atoms with Gasteiger partial charge in [-0.05, 0) is 44.0 Å². The first-order valence-electron chi connectivity index (χ1n) is 7.28. The number of aryl methyl sites for hydroxylation is 3. The van der Waals surface area contributed by atoms with Gasteiger partial charge in [0, 0.05) is 5.56 Å². The van der Waals surface area contributed by atoms with Crippen molar-refractivity contribution in [2.24, 2.45) is 5.10 Å². The lowest BCUT2D eigenvalue weighted by molar-refractivity contribution is -0.123. The molecular formula is C18H20N2O3. The van der Waals surface area contributed by atoms with Gasteiger partial charge < -0.3 is 9.84 Å². The molecule has 0 saturated heterocycles. The Labute approximate surface area is 135 Å². The van der Waals surface area contributed by atoms with Crippen LogP contribution >= 0.6 is 0 Å². The third-order valence-corrected chi connectivity index (χ3v) is 3.28. The minimum atomic E-state index is -0.365. The van der Waals surface area contributed by atoms with Crippen molar-refractivity contribution in [3.05, 3.63) is 58.7 Å². The lowest BCUT2D eigenvalue weighted by atomic mass is 10.1. The van der Waals surface area contributed by atoms with Gasteiger partial charge >= 0.3 is 0 Å². The van der Waals surface area contributed by atoms with E-state index >= 15 is 0 Å². The van der Waals surface area contributed by atoms with Crippen molar-refractivity contribution in [2.75, 3.05) is 6.61 Å². The van der Waals surface area contributed by atoms with E-state index in [2.05, 4.69) is 10.5 Å². The lowest BCUT2D eigenvalue weighted by Gasteiger charge is -2.12. The summed E-state index contributed by atoms with van der Waals surface area (Å²) in [6.07, 6.45) is 1.38. The Kier molecular flexibility index (Phi) is 5.36. The summed E-state index contributed by atoms with van der Waals surface area (Å²) in [5, 5.41) is 13.4. The monoisotopic (exact) mass is 312 g/mol. The van der Waals surface area contributed by atoms with Crippen molar-refractivity contribution in [3.63, 3.8) is 0 Å². The molecule has 0 heterocycles. The average Bonchev–Trinajstić information content (AvgIpc) is 2.48. The molecule has 5 heteroatoms. The van der Waals surface area contributed by atoms with E-state index in [0.717, 1.165) is 22.4 Å². The molecule has 1 amide bonds. The molecule has 0 aliphatic rings. The summed E-state index contributed by atoms with van der Waals surface area (Å²) in [7, 11) is 0. The zero-order valence-electron chi connectivity index (χ0n) is 13.5. The molecule has 5 nitrogen and oxygen atoms in total. The molecule has 120 valence electrons. The van der Waals surface area contributed by atoms with Crippen LogP contribution in [-0.4, -0.2) is 23.8 Å². The van der Waals surface area contributed by atoms with Crippen LogP contribution in [0.15, 0.2) is 41.5 Å². The van der Waals surface area contributed by atoms with Gasteiger partial charge in [-0.1, -0.05) is 29.8 Å². The number of aromatic hydroxyl groups is 1. The minimum Gasteiger partial charge on any atom is -0.507 e. The largest absolute Gasteiger partial charge is 0.507 e. The number of carbonyl (C=O) groups is 1. The Bertz CT molecular complexity index is 716. The summed E-state index contributed by atoms with van der Waals surface area (Å²) in [5.41, 5.74) is 6.04. The quantitative estimate of drug-likeness (QED) is 0.659. The van der Waals surface area contributed by atoms with Crippen LogP contribution in [-0.2, 0) is 4.79 Å². The van der Waals surface area contributed by atoms with E-state index in [1.165, 1.54) is 6.21 Å². The van der Waals surface area contributed by atoms with Crippen molar-refractivity contribution >= 4 is 12.1 Å². The van der Waals surface area contributed by atoms with E-state index in [0.29, 0.717) is 5.56 Å². The number of ether oxygens (including phenoxy) is 1. The molecule has 2 N–H and O–H groups in total. The van der Waals surface area contributed by atoms with Gasteiger partial charge in [0.1, 0.15) is 11.5 Å². The number of rotatable bonds is 5. The zero-order chi connectivity index (χ0) is 16.8. The second-order valence-corrected chi connectivity index (χ2v) is 5.37. The third-order valence-electron chi connectivity index (χ3n) is 3.28. The summed E-state index contributed by atoms with van der Waals surface area (Å²) in [6, 6.07) is 10.8. The standard InChI is InChI=1S/C18H20N2O3/c1-12-8-13(2)18(14(3)9-12)23-11-17(22)20-19-10-15-6-4-5-7-16(15)21/h4-10,21H,11H2,1-3H3,(H,20,22)/b19-10+. The maximum atomic E-state index is 11.8. The number of hydrazone groups is 1. The molecule has 0 saturated carbocycles. The highest BCUT2D eigenvalue weighted by Gasteiger charge is 2.07. The fourth-order valence-corrected chi connectivity index (χ4v) is 2.33. The van der Waals surface area contributed by atoms with Gasteiger partial charge in [-0.3, -0.25) is 4.79 Å². The number of amides is 1. The van der Waals surface area contributed by atoms with Crippen LogP contribution < -0.4 is 10.2 Å². The first kappa shape index (κ1) is 16.5. The molecule has 0 aliphatic heterocycles. The molecule has 0 bridgehead atoms. The summed E-state index contributed by atoms with van der Waals surface area (Å²) in [5.74, 6) is 0.458. The molecule has 2 rings (SSSR count). The van der Waals surface area contributed by atoms with Gasteiger partial charge in [0.2, 0.25) is 0 Å². The highest BCUT2D eigenvalue weighted by molar-refractivity contribution is 5.85. The number of hydrogen-bond donors (Lipinski definition) is 2. The fraction of sp³-hybridized carbons (Fsp3) is 0.222. The molecule has 0 spiro atoms. The van der Waals surface area contributed by atoms with Crippen LogP contribution in [0.2, 0.25) is 0 Å². The number of benzene rings is 2. The van der Waals surface area contributed by atoms with Crippen molar-refractivity contribution < 1.29 is 14.6 Å². The SMILES string of the molecule is Cc1cc(C)c(OCC(=O)N/N=C/c2ccccc2O)c(C)c1. The molecule has 0 aromatic heterocycles. The number of phenolic OH excluding ortho intramolecular Hbond substituents is 1. The Morgan fingerprint density at radius 2 is 1.87 bits per heavy atom. The van der Waals surface area contributed by atoms with E-state index in [1.54, 1.807) is 24.3 Å². The number of carbonyl (C=O) groups excluding carboxylic acids is 1. The normalized spacial score (nSPS) is 10.7. The molecule has 0 unspecified atom stereocenters. The summed E-state index contributed by atoms with van der Waals surface area (Å²) >= 11 is 0. The van der Waals surface area contributed by atoms with Crippen LogP contribution in [0.4, 0.5) is 0 Å². The minimum absolute atomic E-state index is 0.104. The van der Waals surface area contributed by atoms with Gasteiger partial charge in [0.15, 0.2) is 6.61 Å². The maximum absolute atomic E-state index is 11.8. The third kappa shape index (κ3) is 4.57. The predicted molar refractivity (Wildman–Crippen MR) is 90.0 cm³/mol. The molecule has 0 radical (unpaired) electrons. The van der Waals surface area contributed by atoms with Crippen molar-refractivity contribution in [3.8, 4) is 11.5 Å². The number of para-hydroxylation sites is 1. The highest BCUT2D eigenvalue weighted by atomic mass is 16.5. The Morgan fingerprint density at radius 1 is 1.22 bits per heavy atom. The molecule has 23 heavy (non-hydrogen) atoms. The van der Waals surface area contributed by atoms with E-state index < -0.39 is 0 Å². The van der Waals surface area contributed by atoms with Crippen LogP contribution in [0.25, 0.3) is 0 Å². The molecule has 2 aromatic rings. The molecular weight excluding hydrogens is 292 g/mol. The van der Waals surface area contributed by atoms with E-state index in [-0.39, 0.29) is 18.3 Å². The Morgan fingerprint density at radius 3 is 2.52 bits per heavy atom. The number of nitrogens with one attached hydrogen (secondary N) is 1. The van der Waals surface area contributed by atoms with Crippen molar-refractivity contribution in [1.82, 2.24) is 5.43 Å². The van der Waals surface area contributed by atoms with Crippen molar-refractivity contribution in [1.29, 1.82) is 0 Å². The van der Waals surface area contributed by atoms with Gasteiger partial charge in [-0.2, -0.15) is 5.10 Å². The van der Waals surface area contributed by atoms with Crippen LogP contribution in [0.3, 0.4) is 0 Å². The molecule has 0 aliphatic carbocycles. The van der Waals surface area contributed by atoms with Gasteiger partial charge in [0.25, 0.3) is 5.91 Å². The Hall–Kier alpha value is -2.82. The molecule has 0 fully saturated rings. The summed E-state index contributed by atoms with van der Waals surface area (Å²) < 4.78 is 5.58. The van der Waals surface area contributed by atoms with Crippen molar-refractivity contribution in [2.45, 2.75) is 20.8 Å². The van der Waals surface area contributed by atoms with Crippen LogP contribution in [0.5, 0.6) is 11.5 Å². The Balaban J connectivity index is 1.90. The van der Waals surface area contributed by atoms with Gasteiger partial charge in [-0.15, -0.1) is 0 Å². The lowest BCUT2D eigenvalue weighted by Crippen LogP contribution is -2.25. The van der Waals surface area contributed by atoms with Crippen LogP contribution in [0, 0.1) is 20.8 Å². The van der Waals surface area contributed by atoms with E-state index in [1.807, 2.05) is 32.9 Å².